The smallest absolute Gasteiger partial charge is 0.462 e. The molecule has 0 aromatic heterocycles. The lowest BCUT2D eigenvalue weighted by molar-refractivity contribution is -0.161. The Hall–Kier alpha value is -1.81. The van der Waals surface area contributed by atoms with E-state index in [1.54, 1.807) is 0 Å². The molecule has 0 aromatic rings. The highest BCUT2D eigenvalue weighted by Crippen LogP contribution is 2.43. The van der Waals surface area contributed by atoms with Crippen LogP contribution in [0, 0.1) is 0 Å². The summed E-state index contributed by atoms with van der Waals surface area (Å²) in [6, 6.07) is 0. The van der Waals surface area contributed by atoms with Crippen LogP contribution in [0.2, 0.25) is 0 Å². The van der Waals surface area contributed by atoms with Gasteiger partial charge in [0.25, 0.3) is 0 Å². The quantitative estimate of drug-likeness (QED) is 0.0265. The molecule has 274 valence electrons. The number of hydrogen-bond acceptors (Lipinski definition) is 9. The molecule has 11 heteroatoms. The van der Waals surface area contributed by atoms with Gasteiger partial charge in [-0.1, -0.05) is 115 Å². The first kappa shape index (κ1) is 45.2. The van der Waals surface area contributed by atoms with Gasteiger partial charge in [0.15, 0.2) is 6.10 Å². The van der Waals surface area contributed by atoms with Crippen molar-refractivity contribution in [3.05, 3.63) is 36.5 Å². The molecule has 0 spiro atoms. The van der Waals surface area contributed by atoms with Crippen LogP contribution in [0.1, 0.15) is 142 Å². The molecular weight excluding hydrogens is 623 g/mol. The highest BCUT2D eigenvalue weighted by Gasteiger charge is 2.27. The zero-order valence-electron chi connectivity index (χ0n) is 29.2. The zero-order valence-corrected chi connectivity index (χ0v) is 30.1. The summed E-state index contributed by atoms with van der Waals surface area (Å²) in [6.45, 7) is 2.24. The number of ether oxygens (including phenoxy) is 2. The molecule has 0 fully saturated rings. The topological polar surface area (TPSA) is 149 Å². The second-order valence-corrected chi connectivity index (χ2v) is 13.4. The van der Waals surface area contributed by atoms with Crippen LogP contribution in [0.3, 0.4) is 0 Å². The van der Waals surface area contributed by atoms with Gasteiger partial charge in [-0.15, -0.1) is 0 Å². The molecule has 0 saturated heterocycles. The van der Waals surface area contributed by atoms with Crippen molar-refractivity contribution >= 4 is 19.8 Å². The van der Waals surface area contributed by atoms with Crippen molar-refractivity contribution in [1.29, 1.82) is 0 Å². The van der Waals surface area contributed by atoms with Crippen LogP contribution in [0.5, 0.6) is 0 Å². The largest absolute Gasteiger partial charge is 0.472 e. The molecule has 47 heavy (non-hydrogen) atoms. The summed E-state index contributed by atoms with van der Waals surface area (Å²) in [7, 11) is -4.61. The lowest BCUT2D eigenvalue weighted by Crippen LogP contribution is -2.29. The Bertz CT molecular complexity index is 889. The van der Waals surface area contributed by atoms with E-state index < -0.39 is 51.8 Å². The summed E-state index contributed by atoms with van der Waals surface area (Å²) in [4.78, 5) is 34.6. The molecule has 0 bridgehead atoms. The molecule has 0 aliphatic carbocycles. The average molecular weight is 689 g/mol. The molecule has 0 aromatic carbocycles. The van der Waals surface area contributed by atoms with E-state index in [0.717, 1.165) is 57.8 Å². The van der Waals surface area contributed by atoms with E-state index in [9.17, 15) is 24.2 Å². The molecule has 1 unspecified atom stereocenters. The zero-order chi connectivity index (χ0) is 34.9. The molecule has 3 N–H and O–H groups in total. The van der Waals surface area contributed by atoms with Crippen LogP contribution in [0.15, 0.2) is 36.5 Å². The van der Waals surface area contributed by atoms with E-state index in [4.69, 9.17) is 19.1 Å². The minimum Gasteiger partial charge on any atom is -0.462 e. The van der Waals surface area contributed by atoms with Crippen LogP contribution in [0.25, 0.3) is 0 Å². The molecule has 0 aliphatic heterocycles. The monoisotopic (exact) mass is 688 g/mol. The maximum absolute atomic E-state index is 12.5. The first-order valence-corrected chi connectivity index (χ1v) is 19.4. The molecule has 0 radical (unpaired) electrons. The maximum Gasteiger partial charge on any atom is 0.472 e. The third kappa shape index (κ3) is 32.5. The number of carbonyl (C=O) groups excluding carboxylic acids is 2. The summed E-state index contributed by atoms with van der Waals surface area (Å²) < 4.78 is 32.4. The van der Waals surface area contributed by atoms with E-state index in [2.05, 4.69) is 54.8 Å². The van der Waals surface area contributed by atoms with Gasteiger partial charge < -0.3 is 24.6 Å². The van der Waals surface area contributed by atoms with Gasteiger partial charge in [0.1, 0.15) is 12.7 Å². The van der Waals surface area contributed by atoms with E-state index >= 15 is 0 Å². The van der Waals surface area contributed by atoms with E-state index in [1.807, 2.05) is 0 Å². The van der Waals surface area contributed by atoms with Crippen LogP contribution in [0.4, 0.5) is 0 Å². The van der Waals surface area contributed by atoms with Crippen molar-refractivity contribution in [3.63, 3.8) is 0 Å². The number of phosphoric acid groups is 1. The first-order chi connectivity index (χ1) is 22.7. The lowest BCUT2D eigenvalue weighted by Gasteiger charge is -2.20. The lowest BCUT2D eigenvalue weighted by atomic mass is 10.1. The second-order valence-electron chi connectivity index (χ2n) is 11.9. The summed E-state index contributed by atoms with van der Waals surface area (Å²) >= 11 is 0. The van der Waals surface area contributed by atoms with Crippen LogP contribution in [-0.2, 0) is 32.7 Å². The molecule has 0 rings (SSSR count). The number of aliphatic hydroxyl groups excluding tert-OH is 2. The minimum atomic E-state index is -4.61. The first-order valence-electron chi connectivity index (χ1n) is 17.9. The summed E-state index contributed by atoms with van der Waals surface area (Å²) in [5.74, 6) is -0.960. The average Bonchev–Trinajstić information content (AvgIpc) is 3.05. The predicted molar refractivity (Wildman–Crippen MR) is 187 cm³/mol. The molecule has 0 heterocycles. The normalized spacial score (nSPS) is 14.6. The number of rotatable bonds is 33. The van der Waals surface area contributed by atoms with E-state index in [-0.39, 0.29) is 19.4 Å². The predicted octanol–water partition coefficient (Wildman–Crippen LogP) is 8.44. The van der Waals surface area contributed by atoms with Gasteiger partial charge in [0.2, 0.25) is 0 Å². The third-order valence-electron chi connectivity index (χ3n) is 7.30. The third-order valence-corrected chi connectivity index (χ3v) is 8.25. The van der Waals surface area contributed by atoms with Crippen LogP contribution in [-0.4, -0.2) is 65.7 Å². The summed E-state index contributed by atoms with van der Waals surface area (Å²) in [5.41, 5.74) is 0. The number of aliphatic hydroxyl groups is 2. The van der Waals surface area contributed by atoms with Gasteiger partial charge in [-0.3, -0.25) is 18.6 Å². The van der Waals surface area contributed by atoms with Crippen molar-refractivity contribution in [2.45, 2.75) is 154 Å². The second kappa shape index (κ2) is 32.7. The molecule has 3 atom stereocenters. The van der Waals surface area contributed by atoms with E-state index in [1.165, 1.54) is 44.9 Å². The van der Waals surface area contributed by atoms with Gasteiger partial charge in [0.05, 0.1) is 19.8 Å². The molecule has 0 aliphatic rings. The standard InChI is InChI=1S/C36H65O10P/c1-3-5-7-9-11-12-13-14-15-16-17-18-19-20-22-24-26-28-36(40)46-34(32-45-47(41,42)44-30-33(38)29-37)31-43-35(39)27-25-23-21-10-8-6-4-2/h11-12,14-15,17-18,33-34,37-38H,3-10,13,16,19-32H2,1-2H3,(H,41,42)/b12-11+,15-14+,18-17+/t33-,34+/m0/s1. The van der Waals surface area contributed by atoms with Crippen LogP contribution >= 0.6 is 7.82 Å². The number of unbranched alkanes of at least 4 members (excludes halogenated alkanes) is 13. The van der Waals surface area contributed by atoms with Crippen molar-refractivity contribution in [2.75, 3.05) is 26.4 Å². The Morgan fingerprint density at radius 1 is 0.638 bits per heavy atom. The Labute approximate surface area is 284 Å². The Kier molecular flexibility index (Phi) is 31.5. The summed E-state index contributed by atoms with van der Waals surface area (Å²) in [6.07, 6.45) is 29.9. The van der Waals surface area contributed by atoms with Gasteiger partial charge in [-0.2, -0.15) is 0 Å². The van der Waals surface area contributed by atoms with Crippen molar-refractivity contribution in [3.8, 4) is 0 Å². The molecule has 0 amide bonds. The number of phosphoric ester groups is 1. The van der Waals surface area contributed by atoms with Crippen molar-refractivity contribution in [2.24, 2.45) is 0 Å². The van der Waals surface area contributed by atoms with E-state index in [0.29, 0.717) is 12.8 Å². The van der Waals surface area contributed by atoms with Gasteiger partial charge in [-0.05, 0) is 51.4 Å². The molecule has 10 nitrogen and oxygen atoms in total. The van der Waals surface area contributed by atoms with Gasteiger partial charge >= 0.3 is 19.8 Å². The molecular formula is C36H65O10P. The Balaban J connectivity index is 4.39. The highest BCUT2D eigenvalue weighted by molar-refractivity contribution is 7.47. The fourth-order valence-electron chi connectivity index (χ4n) is 4.47. The summed E-state index contributed by atoms with van der Waals surface area (Å²) in [5, 5.41) is 18.2. The van der Waals surface area contributed by atoms with Gasteiger partial charge in [0, 0.05) is 12.8 Å². The SMILES string of the molecule is CCCCC/C=C/C/C=C/C/C=C/CCCCCCC(=O)O[C@H](COC(=O)CCCCCCCCC)COP(=O)(O)OC[C@@H](O)CO. The Morgan fingerprint density at radius 2 is 1.11 bits per heavy atom. The van der Waals surface area contributed by atoms with Crippen LogP contribution < -0.4 is 0 Å². The minimum absolute atomic E-state index is 0.159. The molecule has 0 saturated carbocycles. The highest BCUT2D eigenvalue weighted by atomic mass is 31.2. The Morgan fingerprint density at radius 3 is 1.70 bits per heavy atom. The maximum atomic E-state index is 12.5. The van der Waals surface area contributed by atoms with Crippen molar-refractivity contribution < 1.29 is 47.8 Å². The number of esters is 2. The van der Waals surface area contributed by atoms with Crippen molar-refractivity contribution in [1.82, 2.24) is 0 Å². The number of allylic oxidation sites excluding steroid dienone is 6. The fraction of sp³-hybridized carbons (Fsp3) is 0.778. The number of hydrogen-bond donors (Lipinski definition) is 3. The number of carbonyl (C=O) groups is 2. The van der Waals surface area contributed by atoms with Gasteiger partial charge in [-0.25, -0.2) is 4.57 Å². The fourth-order valence-corrected chi connectivity index (χ4v) is 5.26.